The Bertz CT molecular complexity index is 540. The minimum atomic E-state index is -0.104. The van der Waals surface area contributed by atoms with Gasteiger partial charge in [0, 0.05) is 18.0 Å². The number of fused-ring (bicyclic) bond motifs is 1. The van der Waals surface area contributed by atoms with E-state index in [0.717, 1.165) is 23.7 Å². The van der Waals surface area contributed by atoms with Crippen LogP contribution in [0.25, 0.3) is 10.9 Å². The molecular formula is C11H12ClN3. The van der Waals surface area contributed by atoms with Gasteiger partial charge in [-0.05, 0) is 30.5 Å². The van der Waals surface area contributed by atoms with Crippen LogP contribution in [0.15, 0.2) is 18.2 Å². The van der Waals surface area contributed by atoms with Gasteiger partial charge in [0.1, 0.15) is 0 Å². The maximum atomic E-state index is 6.15. The van der Waals surface area contributed by atoms with E-state index >= 15 is 0 Å². The zero-order chi connectivity index (χ0) is 10.6. The number of benzene rings is 1. The molecule has 0 amide bonds. The molecule has 1 aromatic heterocycles. The largest absolute Gasteiger partial charge is 0.321 e. The van der Waals surface area contributed by atoms with Crippen LogP contribution in [0.3, 0.4) is 0 Å². The Morgan fingerprint density at radius 3 is 2.87 bits per heavy atom. The zero-order valence-corrected chi connectivity index (χ0v) is 9.25. The van der Waals surface area contributed by atoms with Crippen LogP contribution in [-0.2, 0) is 12.6 Å². The third kappa shape index (κ3) is 1.27. The average molecular weight is 222 g/mol. The number of hydrogen-bond donors (Lipinski definition) is 1. The lowest BCUT2D eigenvalue weighted by Crippen LogP contribution is -2.18. The number of nitrogens with two attached hydrogens (primary N) is 1. The molecule has 3 rings (SSSR count). The quantitative estimate of drug-likeness (QED) is 0.802. The van der Waals surface area contributed by atoms with E-state index in [1.54, 1.807) is 4.68 Å². The maximum Gasteiger partial charge on any atom is 0.158 e. The van der Waals surface area contributed by atoms with E-state index in [-0.39, 0.29) is 5.54 Å². The number of rotatable bonds is 1. The van der Waals surface area contributed by atoms with Crippen molar-refractivity contribution < 1.29 is 0 Å². The first-order chi connectivity index (χ1) is 7.10. The molecule has 0 bridgehead atoms. The Labute approximate surface area is 92.8 Å². The van der Waals surface area contributed by atoms with Crippen LogP contribution < -0.4 is 5.73 Å². The number of aryl methyl sites for hydroxylation is 1. The average Bonchev–Trinajstić information content (AvgIpc) is 2.90. The summed E-state index contributed by atoms with van der Waals surface area (Å²) in [6, 6.07) is 6.18. The van der Waals surface area contributed by atoms with Gasteiger partial charge in [0.05, 0.1) is 5.52 Å². The van der Waals surface area contributed by atoms with Crippen LogP contribution in [0.2, 0.25) is 5.15 Å². The van der Waals surface area contributed by atoms with Crippen LogP contribution in [0.1, 0.15) is 18.4 Å². The van der Waals surface area contributed by atoms with E-state index in [1.807, 2.05) is 13.1 Å². The third-order valence-corrected chi connectivity index (χ3v) is 3.45. The number of hydrogen-bond acceptors (Lipinski definition) is 2. The lowest BCUT2D eigenvalue weighted by molar-refractivity contribution is 0.741. The molecule has 1 aliphatic rings. The smallest absolute Gasteiger partial charge is 0.158 e. The second-order valence-electron chi connectivity index (χ2n) is 4.30. The van der Waals surface area contributed by atoms with Gasteiger partial charge in [0.2, 0.25) is 0 Å². The molecular weight excluding hydrogens is 210 g/mol. The van der Waals surface area contributed by atoms with E-state index < -0.39 is 0 Å². The summed E-state index contributed by atoms with van der Waals surface area (Å²) in [7, 11) is 1.89. The van der Waals surface area contributed by atoms with Gasteiger partial charge < -0.3 is 5.73 Å². The highest BCUT2D eigenvalue weighted by Crippen LogP contribution is 2.43. The first-order valence-corrected chi connectivity index (χ1v) is 5.40. The Hall–Kier alpha value is -1.06. The maximum absolute atomic E-state index is 6.15. The zero-order valence-electron chi connectivity index (χ0n) is 8.50. The van der Waals surface area contributed by atoms with Crippen molar-refractivity contribution in [3.05, 3.63) is 28.9 Å². The fourth-order valence-corrected chi connectivity index (χ4v) is 2.22. The first kappa shape index (κ1) is 9.19. The fraction of sp³-hybridized carbons (Fsp3) is 0.364. The summed E-state index contributed by atoms with van der Waals surface area (Å²) in [5.74, 6) is 0. The molecule has 1 aromatic carbocycles. The van der Waals surface area contributed by atoms with Crippen molar-refractivity contribution >= 4 is 22.5 Å². The van der Waals surface area contributed by atoms with Gasteiger partial charge in [0.15, 0.2) is 5.15 Å². The highest BCUT2D eigenvalue weighted by Gasteiger charge is 2.40. The van der Waals surface area contributed by atoms with Gasteiger partial charge in [-0.2, -0.15) is 5.10 Å². The SMILES string of the molecule is Cn1nc(Cl)c2cc(C3(N)CC3)ccc21. The molecule has 1 aliphatic carbocycles. The van der Waals surface area contributed by atoms with Crippen molar-refractivity contribution in [1.29, 1.82) is 0 Å². The monoisotopic (exact) mass is 221 g/mol. The summed E-state index contributed by atoms with van der Waals surface area (Å²) in [6.45, 7) is 0. The van der Waals surface area contributed by atoms with Gasteiger partial charge in [-0.15, -0.1) is 0 Å². The minimum absolute atomic E-state index is 0.104. The van der Waals surface area contributed by atoms with Gasteiger partial charge in [0.25, 0.3) is 0 Å². The topological polar surface area (TPSA) is 43.8 Å². The molecule has 0 radical (unpaired) electrons. The Morgan fingerprint density at radius 2 is 2.20 bits per heavy atom. The predicted octanol–water partition coefficient (Wildman–Crippen LogP) is 2.17. The van der Waals surface area contributed by atoms with Crippen molar-refractivity contribution in [3.8, 4) is 0 Å². The molecule has 1 fully saturated rings. The van der Waals surface area contributed by atoms with Gasteiger partial charge >= 0.3 is 0 Å². The molecule has 4 heteroatoms. The third-order valence-electron chi connectivity index (χ3n) is 3.17. The summed E-state index contributed by atoms with van der Waals surface area (Å²) in [5, 5.41) is 5.72. The van der Waals surface area contributed by atoms with Crippen LogP contribution in [-0.4, -0.2) is 9.78 Å². The number of nitrogens with zero attached hydrogens (tertiary/aromatic N) is 2. The molecule has 0 spiro atoms. The standard InChI is InChI=1S/C11H12ClN3/c1-15-9-3-2-7(11(13)4-5-11)6-8(9)10(12)14-15/h2-3,6H,4-5,13H2,1H3. The van der Waals surface area contributed by atoms with Crippen LogP contribution in [0.4, 0.5) is 0 Å². The van der Waals surface area contributed by atoms with E-state index in [1.165, 1.54) is 5.56 Å². The van der Waals surface area contributed by atoms with Crippen molar-refractivity contribution in [2.75, 3.05) is 0 Å². The predicted molar refractivity (Wildman–Crippen MR) is 60.8 cm³/mol. The molecule has 2 aromatic rings. The summed E-state index contributed by atoms with van der Waals surface area (Å²) < 4.78 is 1.79. The van der Waals surface area contributed by atoms with E-state index in [4.69, 9.17) is 17.3 Å². The van der Waals surface area contributed by atoms with Gasteiger partial charge in [-0.1, -0.05) is 17.7 Å². The molecule has 1 saturated carbocycles. The first-order valence-electron chi connectivity index (χ1n) is 5.02. The Morgan fingerprint density at radius 1 is 1.47 bits per heavy atom. The second-order valence-corrected chi connectivity index (χ2v) is 4.66. The molecule has 78 valence electrons. The van der Waals surface area contributed by atoms with Crippen LogP contribution in [0.5, 0.6) is 0 Å². The molecule has 1 heterocycles. The molecule has 3 nitrogen and oxygen atoms in total. The van der Waals surface area contributed by atoms with E-state index in [0.29, 0.717) is 5.15 Å². The molecule has 0 aliphatic heterocycles. The highest BCUT2D eigenvalue weighted by atomic mass is 35.5. The second kappa shape index (κ2) is 2.74. The molecule has 0 atom stereocenters. The Kier molecular flexibility index (Phi) is 1.68. The summed E-state index contributed by atoms with van der Waals surface area (Å²) in [4.78, 5) is 0. The highest BCUT2D eigenvalue weighted by molar-refractivity contribution is 6.34. The Balaban J connectivity index is 2.25. The van der Waals surface area contributed by atoms with Crippen LogP contribution >= 0.6 is 11.6 Å². The summed E-state index contributed by atoms with van der Waals surface area (Å²) in [6.07, 6.45) is 2.13. The molecule has 15 heavy (non-hydrogen) atoms. The minimum Gasteiger partial charge on any atom is -0.321 e. The number of halogens is 1. The molecule has 2 N–H and O–H groups in total. The lowest BCUT2D eigenvalue weighted by atomic mass is 10.0. The van der Waals surface area contributed by atoms with Crippen molar-refractivity contribution in [1.82, 2.24) is 9.78 Å². The summed E-state index contributed by atoms with van der Waals surface area (Å²) >= 11 is 6.05. The van der Waals surface area contributed by atoms with Crippen molar-refractivity contribution in [2.24, 2.45) is 12.8 Å². The van der Waals surface area contributed by atoms with E-state index in [9.17, 15) is 0 Å². The molecule has 0 saturated heterocycles. The van der Waals surface area contributed by atoms with Crippen LogP contribution in [0, 0.1) is 0 Å². The lowest BCUT2D eigenvalue weighted by Gasteiger charge is -2.08. The summed E-state index contributed by atoms with van der Waals surface area (Å²) in [5.41, 5.74) is 8.26. The molecule has 0 unspecified atom stereocenters. The fourth-order valence-electron chi connectivity index (χ4n) is 1.96. The van der Waals surface area contributed by atoms with E-state index in [2.05, 4.69) is 17.2 Å². The number of aromatic nitrogens is 2. The normalized spacial score (nSPS) is 18.3. The van der Waals surface area contributed by atoms with Crippen molar-refractivity contribution in [2.45, 2.75) is 18.4 Å². The van der Waals surface area contributed by atoms with Gasteiger partial charge in [-0.25, -0.2) is 0 Å². The van der Waals surface area contributed by atoms with Gasteiger partial charge in [-0.3, -0.25) is 4.68 Å². The van der Waals surface area contributed by atoms with Crippen molar-refractivity contribution in [3.63, 3.8) is 0 Å².